The molecule has 0 bridgehead atoms. The van der Waals surface area contributed by atoms with Gasteiger partial charge in [0.2, 0.25) is 0 Å². The molecule has 1 aromatic rings. The monoisotopic (exact) mass is 300 g/mol. The van der Waals surface area contributed by atoms with Crippen molar-refractivity contribution in [3.05, 3.63) is 10.4 Å². The Balaban J connectivity index is 2.79. The Hall–Kier alpha value is -1.07. The Morgan fingerprint density at radius 2 is 2.05 bits per heavy atom. The van der Waals surface area contributed by atoms with E-state index in [-0.39, 0.29) is 12.4 Å². The second-order valence-corrected chi connectivity index (χ2v) is 5.65. The Labute approximate surface area is 124 Å². The number of thiophene rings is 1. The lowest BCUT2D eigenvalue weighted by Crippen LogP contribution is -1.99. The van der Waals surface area contributed by atoms with Crippen LogP contribution in [-0.2, 0) is 6.42 Å². The first-order valence-corrected chi connectivity index (χ1v) is 7.91. The van der Waals surface area contributed by atoms with Crippen LogP contribution in [0, 0.1) is 0 Å². The number of carbonyl (C=O) groups is 1. The molecule has 0 aliphatic rings. The third kappa shape index (κ3) is 4.49. The van der Waals surface area contributed by atoms with Crippen molar-refractivity contribution in [1.29, 1.82) is 0 Å². The summed E-state index contributed by atoms with van der Waals surface area (Å²) in [5.74, 6) is 0.689. The molecule has 0 radical (unpaired) electrons. The van der Waals surface area contributed by atoms with Gasteiger partial charge in [0.1, 0.15) is 10.6 Å². The number of aliphatic hydroxyl groups is 1. The summed E-state index contributed by atoms with van der Waals surface area (Å²) in [5, 5.41) is 9.54. The first kappa shape index (κ1) is 17.0. The fraction of sp³-hybridized carbons (Fsp3) is 0.667. The lowest BCUT2D eigenvalue weighted by Gasteiger charge is -2.07. The highest BCUT2D eigenvalue weighted by atomic mass is 32.1. The predicted molar refractivity (Wildman–Crippen MR) is 81.3 cm³/mol. The molecule has 0 unspecified atom stereocenters. The topological polar surface area (TPSA) is 55.8 Å². The molecule has 1 heterocycles. The highest BCUT2D eigenvalue weighted by Gasteiger charge is 2.22. The maximum atomic E-state index is 11.7. The van der Waals surface area contributed by atoms with Gasteiger partial charge in [0.25, 0.3) is 0 Å². The molecule has 20 heavy (non-hydrogen) atoms. The summed E-state index contributed by atoms with van der Waals surface area (Å²) in [4.78, 5) is 12.3. The molecular weight excluding hydrogens is 276 g/mol. The van der Waals surface area contributed by atoms with E-state index in [9.17, 15) is 4.79 Å². The Morgan fingerprint density at radius 1 is 1.30 bits per heavy atom. The van der Waals surface area contributed by atoms with Gasteiger partial charge in [-0.15, -0.1) is 0 Å². The average molecular weight is 300 g/mol. The molecule has 0 saturated heterocycles. The zero-order valence-electron chi connectivity index (χ0n) is 12.5. The number of ketones is 1. The zero-order valence-corrected chi connectivity index (χ0v) is 13.3. The summed E-state index contributed by atoms with van der Waals surface area (Å²) in [5.41, 5.74) is 1.01. The van der Waals surface area contributed by atoms with Gasteiger partial charge >= 0.3 is 0 Å². The lowest BCUT2D eigenvalue weighted by atomic mass is 10.1. The largest absolute Gasteiger partial charge is 0.495 e. The van der Waals surface area contributed by atoms with E-state index < -0.39 is 0 Å². The summed E-state index contributed by atoms with van der Waals surface area (Å²) in [7, 11) is 1.60. The molecule has 0 aliphatic heterocycles. The number of aliphatic hydroxyl groups excluding tert-OH is 1. The van der Waals surface area contributed by atoms with E-state index in [1.165, 1.54) is 11.3 Å². The van der Waals surface area contributed by atoms with Crippen molar-refractivity contribution in [2.24, 2.45) is 0 Å². The molecule has 0 spiro atoms. The summed E-state index contributed by atoms with van der Waals surface area (Å²) in [6, 6.07) is 0. The van der Waals surface area contributed by atoms with E-state index >= 15 is 0 Å². The van der Waals surface area contributed by atoms with Gasteiger partial charge in [0.15, 0.2) is 10.8 Å². The number of hydrogen-bond acceptors (Lipinski definition) is 5. The van der Waals surface area contributed by atoms with Crippen molar-refractivity contribution in [2.75, 3.05) is 20.3 Å². The number of methoxy groups -OCH3 is 1. The second-order valence-electron chi connectivity index (χ2n) is 4.67. The molecule has 0 fully saturated rings. The third-order valence-corrected chi connectivity index (χ3v) is 4.21. The molecule has 0 aromatic carbocycles. The minimum Gasteiger partial charge on any atom is -0.495 e. The fourth-order valence-corrected chi connectivity index (χ4v) is 3.10. The number of unbranched alkanes of at least 4 members (excludes halogenated alkanes) is 2. The van der Waals surface area contributed by atoms with Crippen molar-refractivity contribution in [1.82, 2.24) is 0 Å². The van der Waals surface area contributed by atoms with E-state index in [4.69, 9.17) is 14.6 Å². The Morgan fingerprint density at radius 3 is 2.60 bits per heavy atom. The lowest BCUT2D eigenvalue weighted by molar-refractivity contribution is 0.101. The summed E-state index contributed by atoms with van der Waals surface area (Å²) >= 11 is 1.38. The van der Waals surface area contributed by atoms with Crippen LogP contribution < -0.4 is 9.47 Å². The number of hydrogen-bond donors (Lipinski definition) is 1. The van der Waals surface area contributed by atoms with E-state index in [1.807, 2.05) is 0 Å². The van der Waals surface area contributed by atoms with Gasteiger partial charge in [0.05, 0.1) is 13.7 Å². The first-order valence-electron chi connectivity index (χ1n) is 7.09. The molecule has 4 nitrogen and oxygen atoms in total. The van der Waals surface area contributed by atoms with Crippen LogP contribution in [0.5, 0.6) is 10.8 Å². The zero-order chi connectivity index (χ0) is 15.0. The van der Waals surface area contributed by atoms with E-state index in [0.717, 1.165) is 42.7 Å². The fourth-order valence-electron chi connectivity index (χ4n) is 2.02. The van der Waals surface area contributed by atoms with E-state index in [1.54, 1.807) is 14.0 Å². The minimum absolute atomic E-state index is 0.0133. The molecule has 0 amide bonds. The standard InChI is InChI=1S/C15H24O4S/c1-4-8-12-13(18-3)14(11(2)17)20-15(12)19-10-7-5-6-9-16/h16H,4-10H2,1-3H3. The first-order chi connectivity index (χ1) is 9.65. The highest BCUT2D eigenvalue weighted by molar-refractivity contribution is 7.16. The minimum atomic E-state index is 0.0133. The van der Waals surface area contributed by atoms with Crippen LogP contribution in [0.1, 0.15) is 54.8 Å². The molecule has 1 rings (SSSR count). The van der Waals surface area contributed by atoms with Crippen LogP contribution in [0.2, 0.25) is 0 Å². The normalized spacial score (nSPS) is 10.6. The van der Waals surface area contributed by atoms with E-state index in [0.29, 0.717) is 17.2 Å². The second kappa shape index (κ2) is 8.97. The molecule has 1 N–H and O–H groups in total. The average Bonchev–Trinajstić information content (AvgIpc) is 2.77. The van der Waals surface area contributed by atoms with Crippen molar-refractivity contribution in [3.63, 3.8) is 0 Å². The molecule has 1 aromatic heterocycles. The predicted octanol–water partition coefficient (Wildman–Crippen LogP) is 3.45. The molecular formula is C15H24O4S. The number of ether oxygens (including phenoxy) is 2. The van der Waals surface area contributed by atoms with Crippen LogP contribution in [0.15, 0.2) is 0 Å². The van der Waals surface area contributed by atoms with Crippen molar-refractivity contribution in [3.8, 4) is 10.8 Å². The summed E-state index contributed by atoms with van der Waals surface area (Å²) < 4.78 is 11.2. The van der Waals surface area contributed by atoms with Crippen molar-refractivity contribution in [2.45, 2.75) is 46.0 Å². The van der Waals surface area contributed by atoms with Gasteiger partial charge in [-0.05, 0) is 25.7 Å². The van der Waals surface area contributed by atoms with Gasteiger partial charge in [-0.3, -0.25) is 4.79 Å². The van der Waals surface area contributed by atoms with Gasteiger partial charge in [-0.2, -0.15) is 0 Å². The third-order valence-electron chi connectivity index (χ3n) is 2.98. The maximum Gasteiger partial charge on any atom is 0.181 e. The number of rotatable bonds is 10. The molecule has 5 heteroatoms. The highest BCUT2D eigenvalue weighted by Crippen LogP contribution is 2.42. The van der Waals surface area contributed by atoms with E-state index in [2.05, 4.69) is 6.92 Å². The SMILES string of the molecule is CCCc1c(OCCCCCO)sc(C(C)=O)c1OC. The van der Waals surface area contributed by atoms with Gasteiger partial charge in [0, 0.05) is 19.1 Å². The molecule has 0 saturated carbocycles. The van der Waals surface area contributed by atoms with Crippen LogP contribution in [0.4, 0.5) is 0 Å². The Bertz CT molecular complexity index is 426. The molecule has 114 valence electrons. The van der Waals surface area contributed by atoms with Crippen molar-refractivity contribution >= 4 is 17.1 Å². The number of Topliss-reactive ketones (excluding diaryl/α,β-unsaturated/α-hetero) is 1. The number of carbonyl (C=O) groups excluding carboxylic acids is 1. The quantitative estimate of drug-likeness (QED) is 0.531. The Kier molecular flexibility index (Phi) is 7.62. The van der Waals surface area contributed by atoms with Gasteiger partial charge in [-0.1, -0.05) is 24.7 Å². The molecule has 0 aliphatic carbocycles. The smallest absolute Gasteiger partial charge is 0.181 e. The van der Waals surface area contributed by atoms with Crippen molar-refractivity contribution < 1.29 is 19.4 Å². The summed E-state index contributed by atoms with van der Waals surface area (Å²) in [6.07, 6.45) is 4.48. The molecule has 0 atom stereocenters. The van der Waals surface area contributed by atoms with Crippen LogP contribution in [0.3, 0.4) is 0 Å². The van der Waals surface area contributed by atoms with Crippen LogP contribution in [-0.4, -0.2) is 31.2 Å². The van der Waals surface area contributed by atoms with Crippen LogP contribution in [0.25, 0.3) is 0 Å². The summed E-state index contributed by atoms with van der Waals surface area (Å²) in [6.45, 7) is 4.48. The van der Waals surface area contributed by atoms with Gasteiger partial charge < -0.3 is 14.6 Å². The maximum absolute atomic E-state index is 11.7. The van der Waals surface area contributed by atoms with Crippen LogP contribution >= 0.6 is 11.3 Å². The van der Waals surface area contributed by atoms with Gasteiger partial charge in [-0.25, -0.2) is 0 Å².